The van der Waals surface area contributed by atoms with Crippen LogP contribution >= 0.6 is 23.2 Å². The van der Waals surface area contributed by atoms with Gasteiger partial charge in [-0.1, -0.05) is 47.5 Å². The lowest BCUT2D eigenvalue weighted by atomic mass is 10.1. The number of anilines is 1. The SMILES string of the molecule is COCc1nn2c(C)c(C(=O)Nc3ccccc3Cl)nnc2c1-c1cccc(Cl)c1. The van der Waals surface area contributed by atoms with Crippen LogP contribution in [0.15, 0.2) is 48.5 Å². The number of hydrogen-bond donors (Lipinski definition) is 1. The first kappa shape index (κ1) is 20.3. The minimum Gasteiger partial charge on any atom is -0.378 e. The van der Waals surface area contributed by atoms with Gasteiger partial charge in [0.1, 0.15) is 0 Å². The van der Waals surface area contributed by atoms with E-state index >= 15 is 0 Å². The third kappa shape index (κ3) is 3.75. The molecule has 0 bridgehead atoms. The molecule has 1 amide bonds. The number of fused-ring (bicyclic) bond motifs is 1. The zero-order valence-corrected chi connectivity index (χ0v) is 17.7. The van der Waals surface area contributed by atoms with Gasteiger partial charge in [-0.05, 0) is 36.8 Å². The molecular weight excluding hydrogens is 425 g/mol. The minimum atomic E-state index is -0.428. The van der Waals surface area contributed by atoms with E-state index in [1.165, 1.54) is 0 Å². The van der Waals surface area contributed by atoms with Crippen molar-refractivity contribution >= 4 is 40.4 Å². The van der Waals surface area contributed by atoms with Crippen LogP contribution in [0.4, 0.5) is 5.69 Å². The van der Waals surface area contributed by atoms with Crippen molar-refractivity contribution in [2.45, 2.75) is 13.5 Å². The second-order valence-corrected chi connectivity index (χ2v) is 7.41. The molecule has 2 heterocycles. The van der Waals surface area contributed by atoms with Crippen LogP contribution in [0.5, 0.6) is 0 Å². The lowest BCUT2D eigenvalue weighted by Gasteiger charge is -2.09. The predicted molar refractivity (Wildman–Crippen MR) is 116 cm³/mol. The summed E-state index contributed by atoms with van der Waals surface area (Å²) in [5.74, 6) is -0.428. The Kier molecular flexibility index (Phi) is 5.67. The van der Waals surface area contributed by atoms with Gasteiger partial charge in [-0.2, -0.15) is 5.10 Å². The number of hydrogen-bond acceptors (Lipinski definition) is 5. The van der Waals surface area contributed by atoms with Crippen LogP contribution in [0.1, 0.15) is 21.9 Å². The molecule has 7 nitrogen and oxygen atoms in total. The van der Waals surface area contributed by atoms with Crippen LogP contribution in [-0.4, -0.2) is 32.8 Å². The first-order chi connectivity index (χ1) is 14.5. The van der Waals surface area contributed by atoms with Gasteiger partial charge in [0.25, 0.3) is 5.91 Å². The average Bonchev–Trinajstić information content (AvgIpc) is 3.09. The van der Waals surface area contributed by atoms with E-state index in [1.807, 2.05) is 18.2 Å². The molecule has 0 saturated heterocycles. The number of halogens is 2. The molecule has 0 saturated carbocycles. The van der Waals surface area contributed by atoms with Crippen LogP contribution in [-0.2, 0) is 11.3 Å². The average molecular weight is 442 g/mol. The van der Waals surface area contributed by atoms with E-state index < -0.39 is 5.91 Å². The summed E-state index contributed by atoms with van der Waals surface area (Å²) in [5, 5.41) is 16.9. The fraction of sp³-hybridized carbons (Fsp3) is 0.143. The van der Waals surface area contributed by atoms with Gasteiger partial charge in [0.05, 0.1) is 34.3 Å². The molecule has 2 aromatic heterocycles. The Bertz CT molecular complexity index is 1260. The zero-order chi connectivity index (χ0) is 21.3. The number of aryl methyl sites for hydroxylation is 1. The fourth-order valence-electron chi connectivity index (χ4n) is 3.18. The topological polar surface area (TPSA) is 81.4 Å². The molecule has 0 aliphatic carbocycles. The van der Waals surface area contributed by atoms with Crippen LogP contribution in [0.25, 0.3) is 16.8 Å². The third-order valence-corrected chi connectivity index (χ3v) is 5.13. The highest BCUT2D eigenvalue weighted by atomic mass is 35.5. The number of ether oxygens (including phenoxy) is 1. The maximum absolute atomic E-state index is 12.8. The van der Waals surface area contributed by atoms with Crippen molar-refractivity contribution in [2.24, 2.45) is 0 Å². The minimum absolute atomic E-state index is 0.145. The number of benzene rings is 2. The van der Waals surface area contributed by atoms with E-state index in [2.05, 4.69) is 20.6 Å². The van der Waals surface area contributed by atoms with Gasteiger partial charge >= 0.3 is 0 Å². The first-order valence-corrected chi connectivity index (χ1v) is 9.81. The van der Waals surface area contributed by atoms with Gasteiger partial charge in [0, 0.05) is 12.1 Å². The van der Waals surface area contributed by atoms with Crippen molar-refractivity contribution in [1.29, 1.82) is 0 Å². The van der Waals surface area contributed by atoms with Crippen LogP contribution in [0, 0.1) is 6.92 Å². The van der Waals surface area contributed by atoms with Crippen molar-refractivity contribution < 1.29 is 9.53 Å². The second-order valence-electron chi connectivity index (χ2n) is 6.57. The monoisotopic (exact) mass is 441 g/mol. The summed E-state index contributed by atoms with van der Waals surface area (Å²) in [6.45, 7) is 2.03. The number of nitrogens with one attached hydrogen (secondary N) is 1. The predicted octanol–water partition coefficient (Wildman–Crippen LogP) is 4.81. The Morgan fingerprint density at radius 2 is 1.93 bits per heavy atom. The molecule has 1 N–H and O–H groups in total. The van der Waals surface area contributed by atoms with E-state index in [-0.39, 0.29) is 12.3 Å². The number of methoxy groups -OCH3 is 1. The molecule has 0 aliphatic heterocycles. The summed E-state index contributed by atoms with van der Waals surface area (Å²) >= 11 is 12.3. The van der Waals surface area contributed by atoms with E-state index in [0.717, 1.165) is 11.1 Å². The van der Waals surface area contributed by atoms with Crippen molar-refractivity contribution in [3.63, 3.8) is 0 Å². The largest absolute Gasteiger partial charge is 0.378 e. The Hall–Kier alpha value is -3.00. The third-order valence-electron chi connectivity index (χ3n) is 4.57. The van der Waals surface area contributed by atoms with Gasteiger partial charge in [-0.3, -0.25) is 4.79 Å². The number of para-hydroxylation sites is 1. The Morgan fingerprint density at radius 3 is 2.67 bits per heavy atom. The molecule has 9 heteroatoms. The van der Waals surface area contributed by atoms with Gasteiger partial charge in [-0.25, -0.2) is 4.52 Å². The van der Waals surface area contributed by atoms with Crippen LogP contribution < -0.4 is 5.32 Å². The number of nitrogens with zero attached hydrogens (tertiary/aromatic N) is 4. The number of carbonyl (C=O) groups is 1. The van der Waals surface area contributed by atoms with Crippen LogP contribution in [0.3, 0.4) is 0 Å². The smallest absolute Gasteiger partial charge is 0.278 e. The van der Waals surface area contributed by atoms with Gasteiger partial charge < -0.3 is 10.1 Å². The summed E-state index contributed by atoms with van der Waals surface area (Å²) in [6.07, 6.45) is 0. The van der Waals surface area contributed by atoms with Gasteiger partial charge in [0.15, 0.2) is 11.3 Å². The zero-order valence-electron chi connectivity index (χ0n) is 16.2. The highest BCUT2D eigenvalue weighted by molar-refractivity contribution is 6.33. The summed E-state index contributed by atoms with van der Waals surface area (Å²) in [7, 11) is 1.59. The maximum Gasteiger partial charge on any atom is 0.278 e. The Morgan fingerprint density at radius 1 is 1.13 bits per heavy atom. The molecular formula is C21H17Cl2N5O2. The second kappa shape index (κ2) is 8.39. The van der Waals surface area contributed by atoms with Crippen molar-refractivity contribution in [2.75, 3.05) is 12.4 Å². The van der Waals surface area contributed by atoms with Crippen LogP contribution in [0.2, 0.25) is 10.0 Å². The molecule has 0 atom stereocenters. The number of rotatable bonds is 5. The van der Waals surface area contributed by atoms with Gasteiger partial charge in [0.2, 0.25) is 0 Å². The van der Waals surface area contributed by atoms with Crippen molar-refractivity contribution in [1.82, 2.24) is 19.8 Å². The van der Waals surface area contributed by atoms with E-state index in [9.17, 15) is 4.79 Å². The molecule has 0 fully saturated rings. The summed E-state index contributed by atoms with van der Waals surface area (Å²) < 4.78 is 6.90. The molecule has 152 valence electrons. The highest BCUT2D eigenvalue weighted by Gasteiger charge is 2.22. The number of amides is 1. The molecule has 0 radical (unpaired) electrons. The van der Waals surface area contributed by atoms with E-state index in [1.54, 1.807) is 48.9 Å². The quantitative estimate of drug-likeness (QED) is 0.480. The molecule has 4 rings (SSSR count). The van der Waals surface area contributed by atoms with Crippen molar-refractivity contribution in [3.05, 3.63) is 75.7 Å². The Balaban J connectivity index is 1.81. The fourth-order valence-corrected chi connectivity index (χ4v) is 3.55. The molecule has 2 aromatic carbocycles. The van der Waals surface area contributed by atoms with E-state index in [4.69, 9.17) is 27.9 Å². The molecule has 0 unspecified atom stereocenters. The Labute approximate surface area is 182 Å². The lowest BCUT2D eigenvalue weighted by Crippen LogP contribution is -2.18. The molecule has 30 heavy (non-hydrogen) atoms. The van der Waals surface area contributed by atoms with Crippen molar-refractivity contribution in [3.8, 4) is 11.1 Å². The molecule has 4 aromatic rings. The number of aromatic nitrogens is 4. The summed E-state index contributed by atoms with van der Waals surface area (Å²) in [6, 6.07) is 14.4. The normalized spacial score (nSPS) is 11.1. The molecule has 0 spiro atoms. The summed E-state index contributed by atoms with van der Waals surface area (Å²) in [4.78, 5) is 12.8. The van der Waals surface area contributed by atoms with E-state index in [0.29, 0.717) is 32.8 Å². The lowest BCUT2D eigenvalue weighted by molar-refractivity contribution is 0.102. The highest BCUT2D eigenvalue weighted by Crippen LogP contribution is 2.30. The van der Waals surface area contributed by atoms with Gasteiger partial charge in [-0.15, -0.1) is 10.2 Å². The number of carbonyl (C=O) groups excluding carboxylic acids is 1. The standard InChI is InChI=1S/C21H17Cl2N5O2/c1-12-19(21(29)24-16-9-4-3-8-15(16)23)25-26-20-18(13-6-5-7-14(22)10-13)17(11-30-2)27-28(12)20/h3-10H,11H2,1-2H3,(H,24,29). The summed E-state index contributed by atoms with van der Waals surface area (Å²) in [5.41, 5.74) is 3.95. The first-order valence-electron chi connectivity index (χ1n) is 9.05. The maximum atomic E-state index is 12.8. The molecule has 0 aliphatic rings.